The first kappa shape index (κ1) is 12.4. The van der Waals surface area contributed by atoms with Crippen LogP contribution in [0.15, 0.2) is 46.7 Å². The van der Waals surface area contributed by atoms with Crippen LogP contribution in [0.1, 0.15) is 18.6 Å². The smallest absolute Gasteiger partial charge is 0.192 e. The number of aromatic nitrogens is 2. The van der Waals surface area contributed by atoms with Gasteiger partial charge in [0, 0.05) is 17.3 Å². The zero-order valence-electron chi connectivity index (χ0n) is 9.17. The maximum absolute atomic E-state index is 9.44. The Balaban J connectivity index is 2.23. The zero-order chi connectivity index (χ0) is 12.3. The molecular formula is C12H11ClN2OS. The summed E-state index contributed by atoms with van der Waals surface area (Å²) in [7, 11) is 0. The van der Waals surface area contributed by atoms with Gasteiger partial charge >= 0.3 is 0 Å². The van der Waals surface area contributed by atoms with E-state index in [1.165, 1.54) is 11.8 Å². The van der Waals surface area contributed by atoms with Crippen molar-refractivity contribution in [2.24, 2.45) is 0 Å². The number of nitrogens with zero attached hydrogens (tertiary/aromatic N) is 2. The molecule has 0 bridgehead atoms. The second kappa shape index (κ2) is 5.49. The Labute approximate surface area is 109 Å². The lowest BCUT2D eigenvalue weighted by Gasteiger charge is -2.07. The van der Waals surface area contributed by atoms with Gasteiger partial charge in [-0.3, -0.25) is 0 Å². The molecule has 0 radical (unpaired) electrons. The topological polar surface area (TPSA) is 46.0 Å². The number of rotatable bonds is 3. The summed E-state index contributed by atoms with van der Waals surface area (Å²) in [5, 5.41) is 10.7. The Bertz CT molecular complexity index is 505. The van der Waals surface area contributed by atoms with Gasteiger partial charge in [-0.1, -0.05) is 17.7 Å². The maximum atomic E-state index is 9.44. The number of hydrogen-bond donors (Lipinski definition) is 1. The number of aliphatic hydroxyl groups excluding tert-OH is 1. The van der Waals surface area contributed by atoms with Gasteiger partial charge in [-0.25, -0.2) is 9.97 Å². The predicted molar refractivity (Wildman–Crippen MR) is 68.2 cm³/mol. The minimum atomic E-state index is -0.514. The first-order valence-electron chi connectivity index (χ1n) is 5.09. The third kappa shape index (κ3) is 3.19. The summed E-state index contributed by atoms with van der Waals surface area (Å²) in [4.78, 5) is 9.11. The van der Waals surface area contributed by atoms with Crippen molar-refractivity contribution in [3.05, 3.63) is 47.2 Å². The van der Waals surface area contributed by atoms with E-state index in [9.17, 15) is 5.11 Å². The highest BCUT2D eigenvalue weighted by Crippen LogP contribution is 2.32. The van der Waals surface area contributed by atoms with E-state index in [4.69, 9.17) is 11.6 Å². The minimum absolute atomic E-state index is 0.514. The van der Waals surface area contributed by atoms with Crippen LogP contribution in [-0.2, 0) is 0 Å². The van der Waals surface area contributed by atoms with E-state index in [1.54, 1.807) is 31.5 Å². The molecule has 0 saturated heterocycles. The van der Waals surface area contributed by atoms with E-state index >= 15 is 0 Å². The second-order valence-corrected chi connectivity index (χ2v) is 4.92. The number of halogens is 1. The van der Waals surface area contributed by atoms with Gasteiger partial charge in [-0.2, -0.15) is 0 Å². The lowest BCUT2D eigenvalue weighted by atomic mass is 10.1. The number of hydrogen-bond acceptors (Lipinski definition) is 4. The van der Waals surface area contributed by atoms with Crippen LogP contribution in [0.5, 0.6) is 0 Å². The summed E-state index contributed by atoms with van der Waals surface area (Å²) in [5.41, 5.74) is 0.799. The van der Waals surface area contributed by atoms with Crippen LogP contribution >= 0.6 is 23.4 Å². The van der Waals surface area contributed by atoms with E-state index < -0.39 is 6.10 Å². The van der Waals surface area contributed by atoms with E-state index in [0.717, 1.165) is 10.5 Å². The van der Waals surface area contributed by atoms with Gasteiger partial charge < -0.3 is 5.11 Å². The molecule has 1 heterocycles. The highest BCUT2D eigenvalue weighted by atomic mass is 35.5. The molecule has 2 rings (SSSR count). The molecule has 0 fully saturated rings. The first-order chi connectivity index (χ1) is 8.16. The van der Waals surface area contributed by atoms with Gasteiger partial charge in [0.1, 0.15) is 0 Å². The molecule has 0 saturated carbocycles. The summed E-state index contributed by atoms with van der Waals surface area (Å²) >= 11 is 7.53. The van der Waals surface area contributed by atoms with Crippen LogP contribution in [-0.4, -0.2) is 15.1 Å². The molecule has 17 heavy (non-hydrogen) atoms. The standard InChI is InChI=1S/C12H11ClN2OS/c1-8(16)9-3-4-11(10(13)7-9)17-12-14-5-2-6-15-12/h2-8,16H,1H3/t8-/m1/s1. The van der Waals surface area contributed by atoms with Gasteiger partial charge in [0.15, 0.2) is 5.16 Å². The predicted octanol–water partition coefficient (Wildman–Crippen LogP) is 3.33. The molecular weight excluding hydrogens is 256 g/mol. The van der Waals surface area contributed by atoms with Crippen molar-refractivity contribution in [1.82, 2.24) is 9.97 Å². The fraction of sp³-hybridized carbons (Fsp3) is 0.167. The third-order valence-electron chi connectivity index (χ3n) is 2.18. The second-order valence-electron chi connectivity index (χ2n) is 3.50. The molecule has 1 atom stereocenters. The van der Waals surface area contributed by atoms with Crippen molar-refractivity contribution in [3.63, 3.8) is 0 Å². The van der Waals surface area contributed by atoms with Crippen molar-refractivity contribution in [2.75, 3.05) is 0 Å². The van der Waals surface area contributed by atoms with Gasteiger partial charge in [-0.15, -0.1) is 0 Å². The Morgan fingerprint density at radius 2 is 2.00 bits per heavy atom. The van der Waals surface area contributed by atoms with E-state index in [2.05, 4.69) is 9.97 Å². The summed E-state index contributed by atoms with van der Waals surface area (Å²) in [6, 6.07) is 7.24. The highest BCUT2D eigenvalue weighted by molar-refractivity contribution is 7.99. The molecule has 0 amide bonds. The van der Waals surface area contributed by atoms with Gasteiger partial charge in [0.05, 0.1) is 11.1 Å². The van der Waals surface area contributed by atoms with Crippen molar-refractivity contribution >= 4 is 23.4 Å². The van der Waals surface area contributed by atoms with Crippen molar-refractivity contribution in [2.45, 2.75) is 23.1 Å². The van der Waals surface area contributed by atoms with Crippen LogP contribution in [0, 0.1) is 0 Å². The highest BCUT2D eigenvalue weighted by Gasteiger charge is 2.08. The molecule has 3 nitrogen and oxygen atoms in total. The molecule has 88 valence electrons. The summed E-state index contributed by atoms with van der Waals surface area (Å²) in [6.07, 6.45) is 2.86. The molecule has 2 aromatic rings. The van der Waals surface area contributed by atoms with E-state index in [-0.39, 0.29) is 0 Å². The van der Waals surface area contributed by atoms with E-state index in [1.807, 2.05) is 12.1 Å². The molecule has 1 aromatic heterocycles. The largest absolute Gasteiger partial charge is 0.389 e. The van der Waals surface area contributed by atoms with Crippen LogP contribution < -0.4 is 0 Å². The summed E-state index contributed by atoms with van der Waals surface area (Å²) in [6.45, 7) is 1.71. The SMILES string of the molecule is C[C@@H](O)c1ccc(Sc2ncccn2)c(Cl)c1. The van der Waals surface area contributed by atoms with Crippen molar-refractivity contribution in [1.29, 1.82) is 0 Å². The normalized spacial score (nSPS) is 12.4. The maximum Gasteiger partial charge on any atom is 0.192 e. The Kier molecular flexibility index (Phi) is 3.99. The fourth-order valence-electron chi connectivity index (χ4n) is 1.30. The van der Waals surface area contributed by atoms with Gasteiger partial charge in [0.25, 0.3) is 0 Å². The fourth-order valence-corrected chi connectivity index (χ4v) is 2.32. The minimum Gasteiger partial charge on any atom is -0.389 e. The molecule has 5 heteroatoms. The molecule has 1 aromatic carbocycles. The lowest BCUT2D eigenvalue weighted by Crippen LogP contribution is -1.91. The molecule has 0 aliphatic rings. The average Bonchev–Trinajstić information content (AvgIpc) is 2.33. The van der Waals surface area contributed by atoms with Crippen LogP contribution in [0.25, 0.3) is 0 Å². The third-order valence-corrected chi connectivity index (χ3v) is 3.58. The summed E-state index contributed by atoms with van der Waals surface area (Å²) in [5.74, 6) is 0. The van der Waals surface area contributed by atoms with Crippen LogP contribution in [0.2, 0.25) is 5.02 Å². The van der Waals surface area contributed by atoms with Crippen LogP contribution in [0.3, 0.4) is 0 Å². The quantitative estimate of drug-likeness (QED) is 0.866. The Morgan fingerprint density at radius 3 is 2.59 bits per heavy atom. The van der Waals surface area contributed by atoms with Crippen molar-refractivity contribution < 1.29 is 5.11 Å². The first-order valence-corrected chi connectivity index (χ1v) is 6.28. The molecule has 1 N–H and O–H groups in total. The summed E-state index contributed by atoms with van der Waals surface area (Å²) < 4.78 is 0. The molecule has 0 unspecified atom stereocenters. The molecule has 0 aliphatic carbocycles. The average molecular weight is 267 g/mol. The Morgan fingerprint density at radius 1 is 1.29 bits per heavy atom. The zero-order valence-corrected chi connectivity index (χ0v) is 10.7. The number of aliphatic hydroxyl groups is 1. The van der Waals surface area contributed by atoms with Crippen molar-refractivity contribution in [3.8, 4) is 0 Å². The Hall–Kier alpha value is -1.10. The molecule has 0 aliphatic heterocycles. The monoisotopic (exact) mass is 266 g/mol. The van der Waals surface area contributed by atoms with Gasteiger partial charge in [-0.05, 0) is 42.4 Å². The van der Waals surface area contributed by atoms with E-state index in [0.29, 0.717) is 10.2 Å². The van der Waals surface area contributed by atoms with Crippen LogP contribution in [0.4, 0.5) is 0 Å². The lowest BCUT2D eigenvalue weighted by molar-refractivity contribution is 0.199. The molecule has 0 spiro atoms. The number of benzene rings is 1. The van der Waals surface area contributed by atoms with Gasteiger partial charge in [0.2, 0.25) is 0 Å².